The highest BCUT2D eigenvalue weighted by Crippen LogP contribution is 2.45. The van der Waals surface area contributed by atoms with E-state index < -0.39 is 23.7 Å². The number of fused-ring (bicyclic) bond motifs is 2. The summed E-state index contributed by atoms with van der Waals surface area (Å²) >= 11 is 0. The molecule has 0 aromatic heterocycles. The van der Waals surface area contributed by atoms with Gasteiger partial charge in [0.1, 0.15) is 0 Å². The SMILES string of the molecule is CN(CCCCC(=O)O)C(=O)c1ccc2c3ccc4c5c(ccc(c6ccc(C=O)c1c62)c53)C(=O)N(CCCCC(=O)N=O)C4=O. The van der Waals surface area contributed by atoms with Crippen LogP contribution in [0.4, 0.5) is 0 Å². The van der Waals surface area contributed by atoms with Crippen LogP contribution in [0.2, 0.25) is 0 Å². The average Bonchev–Trinajstić information content (AvgIpc) is 3.06. The highest BCUT2D eigenvalue weighted by atomic mass is 16.4. The van der Waals surface area contributed by atoms with Crippen LogP contribution in [0.1, 0.15) is 80.0 Å². The third kappa shape index (κ3) is 4.93. The van der Waals surface area contributed by atoms with Gasteiger partial charge in [0.05, 0.1) is 0 Å². The molecule has 232 valence electrons. The summed E-state index contributed by atoms with van der Waals surface area (Å²) in [7, 11) is 1.65. The van der Waals surface area contributed by atoms with E-state index in [0.29, 0.717) is 65.3 Å². The fraction of sp³-hybridized carbons (Fsp3) is 0.257. The Kier molecular flexibility index (Phi) is 7.99. The number of imide groups is 1. The maximum Gasteiger partial charge on any atom is 0.303 e. The number of amides is 4. The highest BCUT2D eigenvalue weighted by Gasteiger charge is 2.34. The Bertz CT molecular complexity index is 2070. The number of aliphatic carboxylic acids is 1. The van der Waals surface area contributed by atoms with Crippen LogP contribution in [0.15, 0.2) is 53.7 Å². The molecule has 1 aliphatic heterocycles. The van der Waals surface area contributed by atoms with E-state index in [0.717, 1.165) is 38.6 Å². The Morgan fingerprint density at radius 3 is 1.91 bits per heavy atom. The first-order valence-electron chi connectivity index (χ1n) is 15.0. The van der Waals surface area contributed by atoms with Crippen molar-refractivity contribution in [2.75, 3.05) is 20.1 Å². The number of nitrogens with zero attached hydrogens (tertiary/aromatic N) is 3. The number of benzene rings is 5. The molecule has 5 aromatic carbocycles. The molecule has 0 spiro atoms. The number of hydrogen-bond acceptors (Lipinski definition) is 7. The van der Waals surface area contributed by atoms with Crippen molar-refractivity contribution in [2.24, 2.45) is 5.18 Å². The van der Waals surface area contributed by atoms with E-state index >= 15 is 0 Å². The molecule has 0 fully saturated rings. The number of carboxylic acid groups (broad SMARTS) is 1. The molecule has 4 amide bonds. The van der Waals surface area contributed by atoms with Crippen molar-refractivity contribution in [1.82, 2.24) is 9.80 Å². The zero-order chi connectivity index (χ0) is 32.7. The monoisotopic (exact) mass is 619 g/mol. The molecule has 0 saturated carbocycles. The van der Waals surface area contributed by atoms with Crippen molar-refractivity contribution in [2.45, 2.75) is 38.5 Å². The van der Waals surface area contributed by atoms with E-state index in [-0.39, 0.29) is 25.3 Å². The Balaban J connectivity index is 1.46. The number of aldehydes is 1. The summed E-state index contributed by atoms with van der Waals surface area (Å²) < 4.78 is 0. The van der Waals surface area contributed by atoms with Gasteiger partial charge < -0.3 is 10.0 Å². The number of rotatable bonds is 12. The van der Waals surface area contributed by atoms with Gasteiger partial charge in [-0.15, -0.1) is 4.91 Å². The molecule has 0 atom stereocenters. The van der Waals surface area contributed by atoms with Gasteiger partial charge in [-0.1, -0.05) is 30.3 Å². The van der Waals surface area contributed by atoms with Crippen molar-refractivity contribution >= 4 is 79.0 Å². The van der Waals surface area contributed by atoms with Crippen LogP contribution in [0.3, 0.4) is 0 Å². The van der Waals surface area contributed by atoms with E-state index in [1.165, 1.54) is 9.80 Å². The first-order chi connectivity index (χ1) is 22.2. The molecular formula is C35H29N3O8. The molecule has 1 heterocycles. The minimum atomic E-state index is -0.890. The van der Waals surface area contributed by atoms with Gasteiger partial charge in [-0.3, -0.25) is 33.7 Å². The predicted octanol–water partition coefficient (Wildman–Crippen LogP) is 5.94. The van der Waals surface area contributed by atoms with Crippen molar-refractivity contribution in [1.29, 1.82) is 0 Å². The molecule has 0 radical (unpaired) electrons. The topological polar surface area (TPSA) is 159 Å². The van der Waals surface area contributed by atoms with Gasteiger partial charge in [0, 0.05) is 71.2 Å². The number of carbonyl (C=O) groups excluding carboxylic acids is 5. The largest absolute Gasteiger partial charge is 0.481 e. The third-order valence-corrected chi connectivity index (χ3v) is 8.85. The van der Waals surface area contributed by atoms with E-state index in [1.807, 2.05) is 24.3 Å². The molecule has 1 aliphatic rings. The number of nitroso groups, excluding NO2 is 1. The van der Waals surface area contributed by atoms with E-state index in [4.69, 9.17) is 5.11 Å². The maximum atomic E-state index is 13.7. The number of hydrogen-bond donors (Lipinski definition) is 1. The lowest BCUT2D eigenvalue weighted by atomic mass is 9.83. The minimum absolute atomic E-state index is 0.0183. The van der Waals surface area contributed by atoms with Gasteiger partial charge >= 0.3 is 5.97 Å². The summed E-state index contributed by atoms with van der Waals surface area (Å²) in [5.41, 5.74) is 1.45. The quantitative estimate of drug-likeness (QED) is 0.0449. The molecule has 11 heteroatoms. The summed E-state index contributed by atoms with van der Waals surface area (Å²) in [4.78, 5) is 88.4. The lowest BCUT2D eigenvalue weighted by Gasteiger charge is -2.28. The number of carbonyl (C=O) groups is 6. The molecule has 0 unspecified atom stereocenters. The summed E-state index contributed by atoms with van der Waals surface area (Å²) in [5.74, 6) is -2.84. The summed E-state index contributed by atoms with van der Waals surface area (Å²) in [6.45, 7) is 0.446. The third-order valence-electron chi connectivity index (χ3n) is 8.85. The molecular weight excluding hydrogens is 590 g/mol. The molecule has 46 heavy (non-hydrogen) atoms. The first kappa shape index (κ1) is 30.4. The minimum Gasteiger partial charge on any atom is -0.481 e. The second kappa shape index (κ2) is 12.1. The molecule has 1 N–H and O–H groups in total. The number of carboxylic acids is 1. The second-order valence-electron chi connectivity index (χ2n) is 11.6. The van der Waals surface area contributed by atoms with Crippen LogP contribution in [0.25, 0.3) is 43.1 Å². The molecule has 0 bridgehead atoms. The smallest absolute Gasteiger partial charge is 0.303 e. The molecule has 6 rings (SSSR count). The average molecular weight is 620 g/mol. The maximum absolute atomic E-state index is 13.7. The molecule has 5 aromatic rings. The standard InChI is InChI=1S/C35H29N3O8/c1-37(16-4-3-7-28(41)42)33(43)24-13-10-21-23-12-15-26-32-25(34(44)38(35(26)45)17-5-2-6-27(40)36-46)14-11-22(31(23)32)20-9-8-19(18-39)29(24)30(20)21/h8-15,18H,2-7,16-17H2,1H3,(H,41,42). The van der Waals surface area contributed by atoms with Crippen molar-refractivity contribution in [3.8, 4) is 0 Å². The van der Waals surface area contributed by atoms with Gasteiger partial charge in [0.25, 0.3) is 23.6 Å². The lowest BCUT2D eigenvalue weighted by Crippen LogP contribution is -2.40. The second-order valence-corrected chi connectivity index (χ2v) is 11.6. The fourth-order valence-electron chi connectivity index (χ4n) is 6.66. The first-order valence-corrected chi connectivity index (χ1v) is 15.0. The Hall–Kier alpha value is -5.58. The number of unbranched alkanes of at least 4 members (excludes halogenated alkanes) is 2. The van der Waals surface area contributed by atoms with Crippen LogP contribution in [-0.4, -0.2) is 70.9 Å². The Labute approximate surface area is 262 Å². The van der Waals surface area contributed by atoms with Gasteiger partial charge in [0.15, 0.2) is 6.29 Å². The predicted molar refractivity (Wildman–Crippen MR) is 172 cm³/mol. The summed E-state index contributed by atoms with van der Waals surface area (Å²) in [6, 6.07) is 14.0. The Morgan fingerprint density at radius 2 is 1.33 bits per heavy atom. The molecule has 0 saturated heterocycles. The normalized spacial score (nSPS) is 12.8. The molecule has 0 aliphatic carbocycles. The van der Waals surface area contributed by atoms with Gasteiger partial charge in [-0.25, -0.2) is 0 Å². The van der Waals surface area contributed by atoms with Crippen molar-refractivity contribution in [3.05, 3.63) is 75.7 Å². The summed E-state index contributed by atoms with van der Waals surface area (Å²) in [6.07, 6.45) is 2.30. The van der Waals surface area contributed by atoms with Crippen LogP contribution in [-0.2, 0) is 9.59 Å². The van der Waals surface area contributed by atoms with Crippen LogP contribution >= 0.6 is 0 Å². The van der Waals surface area contributed by atoms with Gasteiger partial charge in [-0.2, -0.15) is 0 Å². The zero-order valence-electron chi connectivity index (χ0n) is 25.0. The van der Waals surface area contributed by atoms with E-state index in [2.05, 4.69) is 5.18 Å². The van der Waals surface area contributed by atoms with Crippen LogP contribution in [0.5, 0.6) is 0 Å². The van der Waals surface area contributed by atoms with Gasteiger partial charge in [-0.05, 0) is 76.2 Å². The van der Waals surface area contributed by atoms with E-state index in [1.54, 1.807) is 31.3 Å². The van der Waals surface area contributed by atoms with Crippen LogP contribution < -0.4 is 0 Å². The zero-order valence-corrected chi connectivity index (χ0v) is 25.0. The fourth-order valence-corrected chi connectivity index (χ4v) is 6.66. The van der Waals surface area contributed by atoms with Crippen LogP contribution in [0, 0.1) is 4.91 Å². The highest BCUT2D eigenvalue weighted by molar-refractivity contribution is 6.39. The molecule has 11 nitrogen and oxygen atoms in total. The van der Waals surface area contributed by atoms with Gasteiger partial charge in [0.2, 0.25) is 0 Å². The Morgan fingerprint density at radius 1 is 0.761 bits per heavy atom. The lowest BCUT2D eigenvalue weighted by molar-refractivity contribution is -0.137. The summed E-state index contributed by atoms with van der Waals surface area (Å²) in [5, 5.41) is 16.9. The van der Waals surface area contributed by atoms with Crippen molar-refractivity contribution in [3.63, 3.8) is 0 Å². The van der Waals surface area contributed by atoms with E-state index in [9.17, 15) is 33.7 Å². The van der Waals surface area contributed by atoms with Crippen molar-refractivity contribution < 1.29 is 33.9 Å².